The van der Waals surface area contributed by atoms with Gasteiger partial charge < -0.3 is 4.74 Å². The van der Waals surface area contributed by atoms with Crippen LogP contribution < -0.4 is 0 Å². The van der Waals surface area contributed by atoms with Crippen molar-refractivity contribution in [1.82, 2.24) is 0 Å². The number of hydrogen-bond donors (Lipinski definition) is 0. The summed E-state index contributed by atoms with van der Waals surface area (Å²) in [5.41, 5.74) is 0. The predicted molar refractivity (Wildman–Crippen MR) is 31.4 cm³/mol. The molecule has 0 aliphatic carbocycles. The highest BCUT2D eigenvalue weighted by atomic mass is 19.4. The van der Waals surface area contributed by atoms with Gasteiger partial charge in [0.25, 0.3) is 0 Å². The van der Waals surface area contributed by atoms with E-state index < -0.39 is 12.1 Å². The Kier molecular flexibility index (Phi) is 3.71. The second-order valence-corrected chi connectivity index (χ2v) is 2.02. The molecule has 0 spiro atoms. The van der Waals surface area contributed by atoms with Crippen molar-refractivity contribution in [2.45, 2.75) is 13.1 Å². The van der Waals surface area contributed by atoms with Crippen LogP contribution in [-0.4, -0.2) is 19.4 Å². The number of hydrogen-bond acceptors (Lipinski definition) is 1. The third kappa shape index (κ3) is 3.71. The molecular formula is C6H10F3O. The predicted octanol–water partition coefficient (Wildman–Crippen LogP) is 2.04. The van der Waals surface area contributed by atoms with Crippen molar-refractivity contribution < 1.29 is 17.9 Å². The maximum Gasteiger partial charge on any atom is 0.393 e. The molecule has 0 rings (SSSR count). The maximum atomic E-state index is 11.7. The second-order valence-electron chi connectivity index (χ2n) is 2.02. The second kappa shape index (κ2) is 3.81. The van der Waals surface area contributed by atoms with E-state index in [1.54, 1.807) is 0 Å². The van der Waals surface area contributed by atoms with Crippen LogP contribution in [0.5, 0.6) is 0 Å². The van der Waals surface area contributed by atoms with Gasteiger partial charge in [-0.2, -0.15) is 13.2 Å². The summed E-state index contributed by atoms with van der Waals surface area (Å²) in [7, 11) is 0. The largest absolute Gasteiger partial charge is 0.393 e. The molecule has 0 aromatic rings. The lowest BCUT2D eigenvalue weighted by atomic mass is 10.2. The minimum absolute atomic E-state index is 0.0837. The van der Waals surface area contributed by atoms with Crippen molar-refractivity contribution in [1.29, 1.82) is 0 Å². The molecule has 1 radical (unpaired) electrons. The van der Waals surface area contributed by atoms with Gasteiger partial charge in [0.05, 0.1) is 12.5 Å². The average Bonchev–Trinajstić information content (AvgIpc) is 1.80. The summed E-state index contributed by atoms with van der Waals surface area (Å²) < 4.78 is 39.5. The molecule has 1 nitrogen and oxygen atoms in total. The van der Waals surface area contributed by atoms with Gasteiger partial charge in [0, 0.05) is 6.61 Å². The van der Waals surface area contributed by atoms with Gasteiger partial charge in [0.1, 0.15) is 0 Å². The Bertz CT molecular complexity index is 89.5. The first kappa shape index (κ1) is 9.75. The van der Waals surface area contributed by atoms with Gasteiger partial charge in [-0.05, 0) is 6.92 Å². The van der Waals surface area contributed by atoms with Crippen LogP contribution in [0.2, 0.25) is 0 Å². The Balaban J connectivity index is 3.52. The summed E-state index contributed by atoms with van der Waals surface area (Å²) in [6.07, 6.45) is -4.14. The van der Waals surface area contributed by atoms with Gasteiger partial charge >= 0.3 is 6.18 Å². The van der Waals surface area contributed by atoms with Gasteiger partial charge in [-0.15, -0.1) is 0 Å². The normalized spacial score (nSPS) is 15.3. The summed E-state index contributed by atoms with van der Waals surface area (Å²) in [6.45, 7) is 4.11. The van der Waals surface area contributed by atoms with E-state index in [2.05, 4.69) is 11.7 Å². The van der Waals surface area contributed by atoms with E-state index in [0.29, 0.717) is 0 Å². The number of alkyl halides is 3. The van der Waals surface area contributed by atoms with Crippen LogP contribution in [0.1, 0.15) is 6.92 Å². The molecule has 4 heteroatoms. The first-order valence-corrected chi connectivity index (χ1v) is 2.92. The molecule has 0 aliphatic rings. The number of halogens is 3. The third-order valence-corrected chi connectivity index (χ3v) is 1.07. The Morgan fingerprint density at radius 2 is 2.00 bits per heavy atom. The Morgan fingerprint density at radius 3 is 2.30 bits per heavy atom. The van der Waals surface area contributed by atoms with Gasteiger partial charge in [-0.1, -0.05) is 6.92 Å². The lowest BCUT2D eigenvalue weighted by Crippen LogP contribution is -2.24. The number of rotatable bonds is 3. The molecule has 0 fully saturated rings. The summed E-state index contributed by atoms with van der Waals surface area (Å²) in [5, 5.41) is 0. The van der Waals surface area contributed by atoms with E-state index in [0.717, 1.165) is 6.92 Å². The lowest BCUT2D eigenvalue weighted by molar-refractivity contribution is -0.181. The van der Waals surface area contributed by atoms with Crippen LogP contribution in [0.3, 0.4) is 0 Å². The van der Waals surface area contributed by atoms with Crippen LogP contribution in [0, 0.1) is 12.8 Å². The van der Waals surface area contributed by atoms with Crippen molar-refractivity contribution in [2.75, 3.05) is 13.2 Å². The molecule has 10 heavy (non-hydrogen) atoms. The molecule has 0 saturated heterocycles. The quantitative estimate of drug-likeness (QED) is 0.606. The van der Waals surface area contributed by atoms with Crippen LogP contribution in [0.4, 0.5) is 13.2 Å². The van der Waals surface area contributed by atoms with Gasteiger partial charge in [-0.25, -0.2) is 0 Å². The molecule has 0 saturated carbocycles. The SMILES string of the molecule is [CH2]COCC(C)C(F)(F)F. The highest BCUT2D eigenvalue weighted by molar-refractivity contribution is 4.60. The van der Waals surface area contributed by atoms with Crippen molar-refractivity contribution in [2.24, 2.45) is 5.92 Å². The van der Waals surface area contributed by atoms with E-state index >= 15 is 0 Å². The summed E-state index contributed by atoms with van der Waals surface area (Å²) in [6, 6.07) is 0. The molecular weight excluding hydrogens is 145 g/mol. The van der Waals surface area contributed by atoms with Crippen molar-refractivity contribution >= 4 is 0 Å². The van der Waals surface area contributed by atoms with E-state index in [-0.39, 0.29) is 13.2 Å². The van der Waals surface area contributed by atoms with E-state index in [4.69, 9.17) is 0 Å². The standard InChI is InChI=1S/C6H10F3O/c1-3-10-4-5(2)6(7,8)9/h5H,1,3-4H2,2H3. The van der Waals surface area contributed by atoms with Gasteiger partial charge in [0.2, 0.25) is 0 Å². The summed E-state index contributed by atoms with van der Waals surface area (Å²) >= 11 is 0. The molecule has 0 bridgehead atoms. The maximum absolute atomic E-state index is 11.7. The summed E-state index contributed by atoms with van der Waals surface area (Å²) in [4.78, 5) is 0. The Hall–Kier alpha value is -0.250. The topological polar surface area (TPSA) is 9.23 Å². The zero-order valence-electron chi connectivity index (χ0n) is 5.74. The molecule has 1 atom stereocenters. The number of ether oxygens (including phenoxy) is 1. The summed E-state index contributed by atoms with van der Waals surface area (Å²) in [5.74, 6) is -1.39. The molecule has 0 aliphatic heterocycles. The van der Waals surface area contributed by atoms with Crippen LogP contribution in [0.15, 0.2) is 0 Å². The monoisotopic (exact) mass is 155 g/mol. The minimum atomic E-state index is -4.14. The average molecular weight is 155 g/mol. The fraction of sp³-hybridized carbons (Fsp3) is 0.833. The van der Waals surface area contributed by atoms with Crippen molar-refractivity contribution in [3.05, 3.63) is 6.92 Å². The highest BCUT2D eigenvalue weighted by Gasteiger charge is 2.35. The molecule has 0 heterocycles. The first-order chi connectivity index (χ1) is 4.48. The molecule has 0 aromatic heterocycles. The fourth-order valence-electron chi connectivity index (χ4n) is 0.355. The zero-order valence-corrected chi connectivity index (χ0v) is 5.74. The Labute approximate surface area is 58.2 Å². The minimum Gasteiger partial charge on any atom is -0.381 e. The van der Waals surface area contributed by atoms with Crippen molar-refractivity contribution in [3.8, 4) is 0 Å². The van der Waals surface area contributed by atoms with Crippen LogP contribution in [-0.2, 0) is 4.74 Å². The molecule has 0 aromatic carbocycles. The van der Waals surface area contributed by atoms with E-state index in [1.807, 2.05) is 0 Å². The smallest absolute Gasteiger partial charge is 0.381 e. The van der Waals surface area contributed by atoms with Gasteiger partial charge in [0.15, 0.2) is 0 Å². The zero-order chi connectivity index (χ0) is 8.20. The van der Waals surface area contributed by atoms with E-state index in [1.165, 1.54) is 0 Å². The van der Waals surface area contributed by atoms with Crippen LogP contribution >= 0.6 is 0 Å². The molecule has 61 valence electrons. The highest BCUT2D eigenvalue weighted by Crippen LogP contribution is 2.25. The van der Waals surface area contributed by atoms with Crippen molar-refractivity contribution in [3.63, 3.8) is 0 Å². The molecule has 0 amide bonds. The van der Waals surface area contributed by atoms with Gasteiger partial charge in [-0.3, -0.25) is 0 Å². The fourth-order valence-corrected chi connectivity index (χ4v) is 0.355. The first-order valence-electron chi connectivity index (χ1n) is 2.92. The lowest BCUT2D eigenvalue weighted by Gasteiger charge is -2.14. The van der Waals surface area contributed by atoms with Crippen LogP contribution in [0.25, 0.3) is 0 Å². The molecule has 1 unspecified atom stereocenters. The molecule has 0 N–H and O–H groups in total. The van der Waals surface area contributed by atoms with E-state index in [9.17, 15) is 13.2 Å². The Morgan fingerprint density at radius 1 is 1.50 bits per heavy atom. The third-order valence-electron chi connectivity index (χ3n) is 1.07.